The third-order valence-corrected chi connectivity index (χ3v) is 2.39. The van der Waals surface area contributed by atoms with Crippen LogP contribution < -0.4 is 0 Å². The van der Waals surface area contributed by atoms with E-state index in [1.807, 2.05) is 0 Å². The van der Waals surface area contributed by atoms with Gasteiger partial charge in [-0.05, 0) is 0 Å². The van der Waals surface area contributed by atoms with Crippen LogP contribution in [0.4, 0.5) is 0 Å². The molecule has 0 aromatic carbocycles. The number of aliphatic imine (C=N–C) groups is 1. The van der Waals surface area contributed by atoms with Crippen LogP contribution in [-0.2, 0) is 9.59 Å². The van der Waals surface area contributed by atoms with Gasteiger partial charge >= 0.3 is 11.9 Å². The van der Waals surface area contributed by atoms with Crippen molar-refractivity contribution < 1.29 is 19.8 Å². The summed E-state index contributed by atoms with van der Waals surface area (Å²) in [6, 6.07) is 0. The summed E-state index contributed by atoms with van der Waals surface area (Å²) < 4.78 is 0. The highest BCUT2D eigenvalue weighted by molar-refractivity contribution is 8.00. The van der Waals surface area contributed by atoms with Crippen molar-refractivity contribution in [2.75, 3.05) is 11.5 Å². The zero-order valence-corrected chi connectivity index (χ0v) is 7.37. The fourth-order valence-electron chi connectivity index (χ4n) is 0.722. The summed E-state index contributed by atoms with van der Waals surface area (Å²) in [6.07, 6.45) is 1.10. The molecule has 0 aromatic heterocycles. The summed E-state index contributed by atoms with van der Waals surface area (Å²) in [7, 11) is 0. The van der Waals surface area contributed by atoms with Crippen molar-refractivity contribution in [3.05, 3.63) is 11.8 Å². The lowest BCUT2D eigenvalue weighted by Gasteiger charge is -1.96. The number of rotatable bonds is 2. The Morgan fingerprint density at radius 1 is 1.31 bits per heavy atom. The summed E-state index contributed by atoms with van der Waals surface area (Å²) >= 11 is 1.23. The van der Waals surface area contributed by atoms with E-state index in [1.54, 1.807) is 0 Å². The first-order chi connectivity index (χ1) is 6.11. The predicted molar refractivity (Wildman–Crippen MR) is 48.1 cm³/mol. The molecule has 13 heavy (non-hydrogen) atoms. The van der Waals surface area contributed by atoms with Crippen LogP contribution in [0.15, 0.2) is 16.8 Å². The lowest BCUT2D eigenvalue weighted by Crippen LogP contribution is -2.14. The standard InChI is InChI=1S/C7H7NO4S/c9-6(10)4-1-8-5(7(11)12)3-13-2-4/h1H,2-3H2,(H,9,10)(H,11,12). The van der Waals surface area contributed by atoms with E-state index >= 15 is 0 Å². The zero-order valence-electron chi connectivity index (χ0n) is 6.56. The van der Waals surface area contributed by atoms with Crippen molar-refractivity contribution in [3.8, 4) is 0 Å². The minimum absolute atomic E-state index is 0.0127. The Labute approximate surface area is 78.2 Å². The first-order valence-corrected chi connectivity index (χ1v) is 4.57. The van der Waals surface area contributed by atoms with Crippen LogP contribution in [0, 0.1) is 0 Å². The van der Waals surface area contributed by atoms with Gasteiger partial charge in [0.25, 0.3) is 0 Å². The molecule has 1 aliphatic rings. The topological polar surface area (TPSA) is 87.0 Å². The minimum Gasteiger partial charge on any atom is -0.478 e. The fourth-order valence-corrected chi connectivity index (χ4v) is 1.63. The van der Waals surface area contributed by atoms with E-state index in [4.69, 9.17) is 10.2 Å². The number of carboxylic acids is 2. The quantitative estimate of drug-likeness (QED) is 0.667. The van der Waals surface area contributed by atoms with Gasteiger partial charge < -0.3 is 10.2 Å². The van der Waals surface area contributed by atoms with Gasteiger partial charge in [0.15, 0.2) is 0 Å². The molecule has 2 N–H and O–H groups in total. The molecule has 6 heteroatoms. The number of hydrogen-bond acceptors (Lipinski definition) is 4. The van der Waals surface area contributed by atoms with E-state index in [1.165, 1.54) is 11.8 Å². The molecule has 0 aromatic rings. The second-order valence-corrected chi connectivity index (χ2v) is 3.32. The van der Waals surface area contributed by atoms with Gasteiger partial charge in [-0.1, -0.05) is 0 Å². The monoisotopic (exact) mass is 201 g/mol. The number of carbonyl (C=O) groups is 2. The largest absolute Gasteiger partial charge is 0.478 e. The molecule has 1 heterocycles. The summed E-state index contributed by atoms with van der Waals surface area (Å²) in [5.74, 6) is -1.63. The first-order valence-electron chi connectivity index (χ1n) is 3.41. The van der Waals surface area contributed by atoms with Crippen molar-refractivity contribution >= 4 is 29.4 Å². The molecule has 1 aliphatic heterocycles. The molecule has 0 spiro atoms. The number of aliphatic carboxylic acids is 2. The van der Waals surface area contributed by atoms with Gasteiger partial charge in [-0.3, -0.25) is 4.99 Å². The van der Waals surface area contributed by atoms with Gasteiger partial charge in [0.05, 0.1) is 5.57 Å². The third-order valence-electron chi connectivity index (χ3n) is 1.39. The number of nitrogens with zero attached hydrogens (tertiary/aromatic N) is 1. The highest BCUT2D eigenvalue weighted by Gasteiger charge is 2.15. The fraction of sp³-hybridized carbons (Fsp3) is 0.286. The molecule has 0 aliphatic carbocycles. The van der Waals surface area contributed by atoms with Crippen LogP contribution in [0.2, 0.25) is 0 Å². The van der Waals surface area contributed by atoms with Crippen molar-refractivity contribution in [2.24, 2.45) is 4.99 Å². The maximum atomic E-state index is 10.5. The van der Waals surface area contributed by atoms with Crippen molar-refractivity contribution in [2.45, 2.75) is 0 Å². The Bertz CT molecular complexity index is 278. The van der Waals surface area contributed by atoms with Gasteiger partial charge in [-0.25, -0.2) is 9.59 Å². The maximum Gasteiger partial charge on any atom is 0.351 e. The van der Waals surface area contributed by atoms with E-state index in [0.29, 0.717) is 0 Å². The van der Waals surface area contributed by atoms with Crippen LogP contribution in [0.1, 0.15) is 0 Å². The molecule has 1 rings (SSSR count). The minimum atomic E-state index is -1.10. The first kappa shape index (κ1) is 9.79. The van der Waals surface area contributed by atoms with Gasteiger partial charge in [0, 0.05) is 17.7 Å². The molecule has 0 atom stereocenters. The molecule has 5 nitrogen and oxygen atoms in total. The molecule has 0 amide bonds. The van der Waals surface area contributed by atoms with Crippen LogP contribution >= 0.6 is 11.8 Å². The van der Waals surface area contributed by atoms with E-state index in [-0.39, 0.29) is 22.8 Å². The van der Waals surface area contributed by atoms with Crippen LogP contribution in [0.5, 0.6) is 0 Å². The number of thioether (sulfide) groups is 1. The van der Waals surface area contributed by atoms with Crippen LogP contribution in [0.3, 0.4) is 0 Å². The van der Waals surface area contributed by atoms with Crippen molar-refractivity contribution in [1.82, 2.24) is 0 Å². The van der Waals surface area contributed by atoms with Crippen molar-refractivity contribution in [3.63, 3.8) is 0 Å². The molecule has 0 saturated carbocycles. The Morgan fingerprint density at radius 3 is 2.54 bits per heavy atom. The van der Waals surface area contributed by atoms with Gasteiger partial charge in [0.2, 0.25) is 0 Å². The summed E-state index contributed by atoms with van der Waals surface area (Å²) in [6.45, 7) is 0. The van der Waals surface area contributed by atoms with Crippen molar-refractivity contribution in [1.29, 1.82) is 0 Å². The van der Waals surface area contributed by atoms with E-state index in [9.17, 15) is 9.59 Å². The lowest BCUT2D eigenvalue weighted by molar-refractivity contribution is -0.132. The number of carboxylic acid groups (broad SMARTS) is 2. The second-order valence-electron chi connectivity index (χ2n) is 2.33. The highest BCUT2D eigenvalue weighted by atomic mass is 32.2. The average molecular weight is 201 g/mol. The molecule has 0 unspecified atom stereocenters. The Hall–Kier alpha value is -1.30. The molecule has 0 bridgehead atoms. The second kappa shape index (κ2) is 4.08. The average Bonchev–Trinajstić information content (AvgIpc) is 2.27. The zero-order chi connectivity index (χ0) is 9.84. The van der Waals surface area contributed by atoms with Gasteiger partial charge in [-0.15, -0.1) is 0 Å². The molecule has 70 valence electrons. The van der Waals surface area contributed by atoms with E-state index in [0.717, 1.165) is 6.20 Å². The predicted octanol–water partition coefficient (Wildman–Crippen LogP) is 0.227. The molecular formula is C7H7NO4S. The summed E-state index contributed by atoms with van der Waals surface area (Å²) in [4.78, 5) is 24.5. The molecular weight excluding hydrogens is 194 g/mol. The summed E-state index contributed by atoms with van der Waals surface area (Å²) in [5.41, 5.74) is 0.113. The SMILES string of the molecule is O=C(O)C1=CN=C(C(=O)O)CSC1. The smallest absolute Gasteiger partial charge is 0.351 e. The van der Waals surface area contributed by atoms with Crippen LogP contribution in [-0.4, -0.2) is 39.4 Å². The Morgan fingerprint density at radius 2 is 2.00 bits per heavy atom. The van der Waals surface area contributed by atoms with Gasteiger partial charge in [-0.2, -0.15) is 11.8 Å². The lowest BCUT2D eigenvalue weighted by atomic mass is 10.3. The van der Waals surface area contributed by atoms with Gasteiger partial charge in [0.1, 0.15) is 5.71 Å². The van der Waals surface area contributed by atoms with Crippen LogP contribution in [0.25, 0.3) is 0 Å². The maximum absolute atomic E-state index is 10.5. The number of hydrogen-bond donors (Lipinski definition) is 2. The molecule has 0 saturated heterocycles. The van der Waals surface area contributed by atoms with E-state index in [2.05, 4.69) is 4.99 Å². The summed E-state index contributed by atoms with van der Waals surface area (Å²) in [5, 5.41) is 17.2. The Balaban J connectivity index is 2.84. The normalized spacial score (nSPS) is 16.9. The molecule has 0 radical (unpaired) electrons. The molecule has 0 fully saturated rings. The highest BCUT2D eigenvalue weighted by Crippen LogP contribution is 2.13. The van der Waals surface area contributed by atoms with E-state index < -0.39 is 11.9 Å². The third kappa shape index (κ3) is 2.59. The Kier molecular flexibility index (Phi) is 3.07.